The molecule has 0 fully saturated rings. The summed E-state index contributed by atoms with van der Waals surface area (Å²) in [5, 5.41) is 4.51. The lowest BCUT2D eigenvalue weighted by molar-refractivity contribution is 0.0529. The summed E-state index contributed by atoms with van der Waals surface area (Å²) in [5.41, 5.74) is 3.39. The Hall–Kier alpha value is -2.69. The highest BCUT2D eigenvalue weighted by Gasteiger charge is 2.22. The van der Waals surface area contributed by atoms with Gasteiger partial charge >= 0.3 is 5.97 Å². The van der Waals surface area contributed by atoms with E-state index in [1.54, 1.807) is 11.4 Å². The third-order valence-electron chi connectivity index (χ3n) is 3.43. The van der Waals surface area contributed by atoms with Crippen molar-refractivity contribution in [1.29, 1.82) is 0 Å². The summed E-state index contributed by atoms with van der Waals surface area (Å²) in [7, 11) is 0. The number of nitrogens with zero attached hydrogens (tertiary/aromatic N) is 3. The van der Waals surface area contributed by atoms with E-state index in [0.717, 1.165) is 17.6 Å². The molecule has 22 heavy (non-hydrogen) atoms. The summed E-state index contributed by atoms with van der Waals surface area (Å²) < 4.78 is 6.88. The highest BCUT2D eigenvalue weighted by Crippen LogP contribution is 2.26. The average Bonchev–Trinajstić information content (AvgIpc) is 2.94. The molecule has 0 bridgehead atoms. The molecule has 0 spiro atoms. The van der Waals surface area contributed by atoms with E-state index in [1.165, 1.54) is 0 Å². The molecule has 3 aromatic heterocycles. The van der Waals surface area contributed by atoms with Gasteiger partial charge in [0.15, 0.2) is 0 Å². The Morgan fingerprint density at radius 3 is 2.82 bits per heavy atom. The van der Waals surface area contributed by atoms with Crippen molar-refractivity contribution >= 4 is 11.5 Å². The first-order valence-corrected chi connectivity index (χ1v) is 7.35. The summed E-state index contributed by atoms with van der Waals surface area (Å²) in [5.74, 6) is -0.373. The van der Waals surface area contributed by atoms with Crippen LogP contribution in [0.1, 0.15) is 29.9 Å². The molecule has 3 heterocycles. The van der Waals surface area contributed by atoms with Crippen molar-refractivity contribution in [2.75, 3.05) is 6.61 Å². The molecule has 0 radical (unpaired) electrons. The molecule has 0 aliphatic carbocycles. The molecule has 0 aromatic carbocycles. The lowest BCUT2D eigenvalue weighted by Crippen LogP contribution is -2.06. The third-order valence-corrected chi connectivity index (χ3v) is 3.43. The number of hydrogen-bond acceptors (Lipinski definition) is 4. The Bertz CT molecular complexity index is 824. The van der Waals surface area contributed by atoms with Gasteiger partial charge in [0, 0.05) is 11.9 Å². The molecular weight excluding hydrogens is 278 g/mol. The van der Waals surface area contributed by atoms with Crippen LogP contribution in [-0.2, 0) is 11.2 Å². The van der Waals surface area contributed by atoms with Crippen LogP contribution in [0.15, 0.2) is 42.6 Å². The number of rotatable bonds is 4. The highest BCUT2D eigenvalue weighted by atomic mass is 16.5. The van der Waals surface area contributed by atoms with Crippen LogP contribution in [0.25, 0.3) is 16.9 Å². The van der Waals surface area contributed by atoms with E-state index in [1.807, 2.05) is 49.5 Å². The fraction of sp³-hybridized carbons (Fsp3) is 0.235. The highest BCUT2D eigenvalue weighted by molar-refractivity contribution is 6.03. The molecule has 112 valence electrons. The van der Waals surface area contributed by atoms with E-state index in [4.69, 9.17) is 4.74 Å². The van der Waals surface area contributed by atoms with Gasteiger partial charge in [-0.05, 0) is 37.6 Å². The van der Waals surface area contributed by atoms with Gasteiger partial charge in [-0.25, -0.2) is 9.31 Å². The zero-order valence-electron chi connectivity index (χ0n) is 12.6. The number of ether oxygens (including phenoxy) is 1. The van der Waals surface area contributed by atoms with Gasteiger partial charge in [-0.15, -0.1) is 0 Å². The first kappa shape index (κ1) is 14.3. The van der Waals surface area contributed by atoms with Crippen LogP contribution in [0.5, 0.6) is 0 Å². The summed E-state index contributed by atoms with van der Waals surface area (Å²) in [4.78, 5) is 16.9. The number of aromatic nitrogens is 3. The zero-order chi connectivity index (χ0) is 15.5. The Balaban J connectivity index is 2.23. The number of fused-ring (bicyclic) bond motifs is 1. The van der Waals surface area contributed by atoms with Crippen LogP contribution < -0.4 is 0 Å². The van der Waals surface area contributed by atoms with Gasteiger partial charge in [-0.2, -0.15) is 5.10 Å². The Labute approximate surface area is 128 Å². The number of esters is 1. The zero-order valence-corrected chi connectivity index (χ0v) is 12.6. The van der Waals surface area contributed by atoms with Gasteiger partial charge in [0.05, 0.1) is 17.8 Å². The quantitative estimate of drug-likeness (QED) is 0.694. The molecule has 0 aliphatic rings. The van der Waals surface area contributed by atoms with Crippen molar-refractivity contribution in [1.82, 2.24) is 14.6 Å². The first-order valence-electron chi connectivity index (χ1n) is 7.35. The smallest absolute Gasteiger partial charge is 0.342 e. The lowest BCUT2D eigenvalue weighted by Gasteiger charge is -2.04. The Morgan fingerprint density at radius 1 is 1.18 bits per heavy atom. The van der Waals surface area contributed by atoms with Gasteiger partial charge in [0.1, 0.15) is 11.3 Å². The predicted octanol–water partition coefficient (Wildman–Crippen LogP) is 3.14. The van der Waals surface area contributed by atoms with Gasteiger partial charge in [0.25, 0.3) is 0 Å². The van der Waals surface area contributed by atoms with E-state index in [0.29, 0.717) is 23.6 Å². The van der Waals surface area contributed by atoms with E-state index in [-0.39, 0.29) is 5.97 Å². The van der Waals surface area contributed by atoms with Crippen LogP contribution in [0.2, 0.25) is 0 Å². The van der Waals surface area contributed by atoms with E-state index in [9.17, 15) is 4.79 Å². The molecule has 0 saturated heterocycles. The summed E-state index contributed by atoms with van der Waals surface area (Å²) in [6.07, 6.45) is 2.64. The van der Waals surface area contributed by atoms with Crippen LogP contribution in [0.3, 0.4) is 0 Å². The minimum Gasteiger partial charge on any atom is -0.462 e. The molecule has 0 aliphatic heterocycles. The number of hydrogen-bond donors (Lipinski definition) is 0. The van der Waals surface area contributed by atoms with Crippen molar-refractivity contribution in [3.63, 3.8) is 0 Å². The van der Waals surface area contributed by atoms with Crippen molar-refractivity contribution in [3.8, 4) is 11.4 Å². The fourth-order valence-electron chi connectivity index (χ4n) is 2.39. The second-order valence-corrected chi connectivity index (χ2v) is 4.84. The van der Waals surface area contributed by atoms with E-state index < -0.39 is 0 Å². The molecule has 0 amide bonds. The lowest BCUT2D eigenvalue weighted by atomic mass is 10.1. The van der Waals surface area contributed by atoms with Gasteiger partial charge < -0.3 is 4.74 Å². The largest absolute Gasteiger partial charge is 0.462 e. The second kappa shape index (κ2) is 5.97. The summed E-state index contributed by atoms with van der Waals surface area (Å²) in [6, 6.07) is 11.4. The van der Waals surface area contributed by atoms with Crippen LogP contribution >= 0.6 is 0 Å². The number of aryl methyl sites for hydroxylation is 1. The maximum absolute atomic E-state index is 12.4. The molecule has 0 atom stereocenters. The minimum atomic E-state index is -0.373. The van der Waals surface area contributed by atoms with Crippen molar-refractivity contribution in [3.05, 3.63) is 53.9 Å². The number of carbonyl (C=O) groups excluding carboxylic acids is 1. The maximum Gasteiger partial charge on any atom is 0.342 e. The van der Waals surface area contributed by atoms with Crippen LogP contribution in [0, 0.1) is 0 Å². The molecule has 0 N–H and O–H groups in total. The standard InChI is InChI=1S/C17H17N3O2/c1-3-12-8-7-9-13(18-12)16-15(17(21)22-4-2)14-10-5-6-11-20(14)19-16/h5-11H,3-4H2,1-2H3. The predicted molar refractivity (Wildman–Crippen MR) is 83.8 cm³/mol. The van der Waals surface area contributed by atoms with Crippen molar-refractivity contribution in [2.45, 2.75) is 20.3 Å². The van der Waals surface area contributed by atoms with Crippen LogP contribution in [0.4, 0.5) is 0 Å². The molecule has 5 heteroatoms. The monoisotopic (exact) mass is 295 g/mol. The summed E-state index contributed by atoms with van der Waals surface area (Å²) >= 11 is 0. The molecule has 0 unspecified atom stereocenters. The van der Waals surface area contributed by atoms with Gasteiger partial charge in [-0.1, -0.05) is 19.1 Å². The number of pyridine rings is 2. The molecule has 5 nitrogen and oxygen atoms in total. The fourth-order valence-corrected chi connectivity index (χ4v) is 2.39. The minimum absolute atomic E-state index is 0.324. The van der Waals surface area contributed by atoms with Crippen LogP contribution in [-0.4, -0.2) is 27.2 Å². The molecule has 0 saturated carbocycles. The molecular formula is C17H17N3O2. The second-order valence-electron chi connectivity index (χ2n) is 4.84. The topological polar surface area (TPSA) is 56.5 Å². The van der Waals surface area contributed by atoms with Crippen molar-refractivity contribution in [2.24, 2.45) is 0 Å². The Kier molecular flexibility index (Phi) is 3.87. The van der Waals surface area contributed by atoms with Crippen molar-refractivity contribution < 1.29 is 9.53 Å². The van der Waals surface area contributed by atoms with Gasteiger partial charge in [-0.3, -0.25) is 4.98 Å². The summed E-state index contributed by atoms with van der Waals surface area (Å²) in [6.45, 7) is 4.16. The van der Waals surface area contributed by atoms with E-state index in [2.05, 4.69) is 10.1 Å². The SMILES string of the molecule is CCOC(=O)c1c(-c2cccc(CC)n2)nn2ccccc12. The third kappa shape index (κ3) is 2.45. The first-order chi connectivity index (χ1) is 10.7. The average molecular weight is 295 g/mol. The number of carbonyl (C=O) groups is 1. The van der Waals surface area contributed by atoms with E-state index >= 15 is 0 Å². The molecule has 3 rings (SSSR count). The normalized spacial score (nSPS) is 10.8. The molecule has 3 aromatic rings. The maximum atomic E-state index is 12.4. The van der Waals surface area contributed by atoms with Gasteiger partial charge in [0.2, 0.25) is 0 Å². The Morgan fingerprint density at radius 2 is 2.05 bits per heavy atom.